The molecule has 1 aromatic carbocycles. The minimum Gasteiger partial charge on any atom is -0.448 e. The predicted molar refractivity (Wildman–Crippen MR) is 66.9 cm³/mol. The molecule has 1 heterocycles. The number of nitrogen functional groups attached to an aromatic ring is 1. The van der Waals surface area contributed by atoms with Crippen LogP contribution in [0.15, 0.2) is 41.2 Å². The highest BCUT2D eigenvalue weighted by molar-refractivity contribution is 5.74. The van der Waals surface area contributed by atoms with Gasteiger partial charge in [0.15, 0.2) is 0 Å². The van der Waals surface area contributed by atoms with E-state index < -0.39 is 6.09 Å². The van der Waals surface area contributed by atoms with Crippen molar-refractivity contribution in [2.45, 2.75) is 6.92 Å². The van der Waals surface area contributed by atoms with Gasteiger partial charge >= 0.3 is 6.09 Å². The van der Waals surface area contributed by atoms with Crippen LogP contribution in [0.4, 0.5) is 10.6 Å². The topological polar surface area (TPSA) is 79.2 Å². The molecule has 0 aliphatic heterocycles. The van der Waals surface area contributed by atoms with E-state index in [-0.39, 0.29) is 18.0 Å². The largest absolute Gasteiger partial charge is 0.448 e. The Morgan fingerprint density at radius 1 is 1.33 bits per heavy atom. The highest BCUT2D eigenvalue weighted by Gasteiger charge is 2.17. The Hall–Kier alpha value is -2.50. The fraction of sp³-hybridized carbons (Fsp3) is 0.167. The van der Waals surface area contributed by atoms with E-state index in [0.717, 1.165) is 4.68 Å². The summed E-state index contributed by atoms with van der Waals surface area (Å²) in [7, 11) is 0. The highest BCUT2D eigenvalue weighted by atomic mass is 16.6. The fourth-order valence-corrected chi connectivity index (χ4v) is 1.65. The summed E-state index contributed by atoms with van der Waals surface area (Å²) in [5.74, 6) is 0.0438. The van der Waals surface area contributed by atoms with E-state index in [4.69, 9.17) is 10.5 Å². The van der Waals surface area contributed by atoms with Gasteiger partial charge in [-0.1, -0.05) is 18.2 Å². The molecule has 0 aliphatic rings. The molecule has 0 unspecified atom stereocenters. The lowest BCUT2D eigenvalue weighted by molar-refractivity contribution is 0.149. The van der Waals surface area contributed by atoms with Crippen LogP contribution in [0.1, 0.15) is 6.92 Å². The van der Waals surface area contributed by atoms with Crippen molar-refractivity contribution in [1.82, 2.24) is 9.36 Å². The van der Waals surface area contributed by atoms with Crippen LogP contribution in [0.5, 0.6) is 0 Å². The second-order valence-electron chi connectivity index (χ2n) is 3.57. The molecular weight excluding hydrogens is 234 g/mol. The lowest BCUT2D eigenvalue weighted by Gasteiger charge is -2.11. The molecule has 1 aromatic heterocycles. The van der Waals surface area contributed by atoms with E-state index in [9.17, 15) is 9.59 Å². The molecule has 0 amide bonds. The molecule has 0 saturated heterocycles. The maximum Gasteiger partial charge on any atom is 0.435 e. The number of hydrogen-bond donors (Lipinski definition) is 1. The SMILES string of the molecule is CCOC(=O)n1c(N)cc(=O)n1-c1ccccc1. The van der Waals surface area contributed by atoms with Crippen LogP contribution in [-0.2, 0) is 4.74 Å². The van der Waals surface area contributed by atoms with Crippen LogP contribution in [0.3, 0.4) is 0 Å². The number of nitrogens with two attached hydrogens (primary N) is 1. The third kappa shape index (κ3) is 2.00. The maximum atomic E-state index is 11.8. The van der Waals surface area contributed by atoms with Gasteiger partial charge < -0.3 is 10.5 Å². The van der Waals surface area contributed by atoms with Gasteiger partial charge in [0.1, 0.15) is 5.82 Å². The van der Waals surface area contributed by atoms with Crippen molar-refractivity contribution in [2.75, 3.05) is 12.3 Å². The molecule has 0 atom stereocenters. The third-order valence-electron chi connectivity index (χ3n) is 2.37. The quantitative estimate of drug-likeness (QED) is 0.865. The van der Waals surface area contributed by atoms with E-state index in [2.05, 4.69) is 0 Å². The number of nitrogens with zero attached hydrogens (tertiary/aromatic N) is 2. The summed E-state index contributed by atoms with van der Waals surface area (Å²) in [6.45, 7) is 1.89. The standard InChI is InChI=1S/C12H13N3O3/c1-2-18-12(17)15-10(13)8-11(16)14(15)9-6-4-3-5-7-9/h3-8H,2,13H2,1H3. The Kier molecular flexibility index (Phi) is 3.18. The van der Waals surface area contributed by atoms with Crippen molar-refractivity contribution in [1.29, 1.82) is 0 Å². The van der Waals surface area contributed by atoms with Gasteiger partial charge in [-0.2, -0.15) is 4.68 Å². The van der Waals surface area contributed by atoms with Crippen molar-refractivity contribution in [3.05, 3.63) is 46.8 Å². The zero-order chi connectivity index (χ0) is 13.1. The van der Waals surface area contributed by atoms with E-state index >= 15 is 0 Å². The Morgan fingerprint density at radius 3 is 2.61 bits per heavy atom. The summed E-state index contributed by atoms with van der Waals surface area (Å²) < 4.78 is 7.06. The molecule has 0 radical (unpaired) electrons. The number of benzene rings is 1. The smallest absolute Gasteiger partial charge is 0.435 e. The summed E-state index contributed by atoms with van der Waals surface area (Å²) in [4.78, 5) is 23.6. The van der Waals surface area contributed by atoms with Crippen molar-refractivity contribution < 1.29 is 9.53 Å². The van der Waals surface area contributed by atoms with Crippen molar-refractivity contribution >= 4 is 11.9 Å². The van der Waals surface area contributed by atoms with E-state index in [0.29, 0.717) is 5.69 Å². The number of hydrogen-bond acceptors (Lipinski definition) is 4. The molecular formula is C12H13N3O3. The minimum absolute atomic E-state index is 0.0438. The molecule has 6 heteroatoms. The number of para-hydroxylation sites is 1. The van der Waals surface area contributed by atoms with E-state index in [1.54, 1.807) is 31.2 Å². The Morgan fingerprint density at radius 2 is 2.00 bits per heavy atom. The van der Waals surface area contributed by atoms with Gasteiger partial charge in [0.05, 0.1) is 12.3 Å². The third-order valence-corrected chi connectivity index (χ3v) is 2.37. The normalized spacial score (nSPS) is 10.3. The molecule has 0 fully saturated rings. The van der Waals surface area contributed by atoms with Gasteiger partial charge in [-0.15, -0.1) is 0 Å². The molecule has 0 saturated carbocycles. The molecule has 2 N–H and O–H groups in total. The van der Waals surface area contributed by atoms with Gasteiger partial charge in [0.2, 0.25) is 0 Å². The zero-order valence-electron chi connectivity index (χ0n) is 9.87. The molecule has 6 nitrogen and oxygen atoms in total. The van der Waals surface area contributed by atoms with Crippen LogP contribution >= 0.6 is 0 Å². The molecule has 2 aromatic rings. The van der Waals surface area contributed by atoms with Crippen LogP contribution in [0.25, 0.3) is 5.69 Å². The first-order valence-electron chi connectivity index (χ1n) is 5.48. The van der Waals surface area contributed by atoms with Crippen LogP contribution in [0, 0.1) is 0 Å². The Bertz CT molecular complexity index is 613. The van der Waals surface area contributed by atoms with Crippen molar-refractivity contribution in [3.8, 4) is 5.69 Å². The number of ether oxygens (including phenoxy) is 1. The highest BCUT2D eigenvalue weighted by Crippen LogP contribution is 2.09. The second-order valence-corrected chi connectivity index (χ2v) is 3.57. The summed E-state index contributed by atoms with van der Waals surface area (Å²) in [6, 6.07) is 9.94. The number of carbonyl (C=O) groups is 1. The molecule has 0 bridgehead atoms. The number of carbonyl (C=O) groups excluding carboxylic acids is 1. The Balaban J connectivity index is 2.61. The van der Waals surface area contributed by atoms with Gasteiger partial charge in [0.25, 0.3) is 5.56 Å². The van der Waals surface area contributed by atoms with Gasteiger partial charge in [-0.25, -0.2) is 9.48 Å². The fourth-order valence-electron chi connectivity index (χ4n) is 1.65. The van der Waals surface area contributed by atoms with Crippen LogP contribution in [-0.4, -0.2) is 22.1 Å². The molecule has 18 heavy (non-hydrogen) atoms. The van der Waals surface area contributed by atoms with Crippen LogP contribution in [0.2, 0.25) is 0 Å². The summed E-state index contributed by atoms with van der Waals surface area (Å²) in [5.41, 5.74) is 5.82. The van der Waals surface area contributed by atoms with Gasteiger partial charge in [-0.3, -0.25) is 4.79 Å². The van der Waals surface area contributed by atoms with E-state index in [1.165, 1.54) is 10.7 Å². The molecule has 0 spiro atoms. The predicted octanol–water partition coefficient (Wildman–Crippen LogP) is 1.23. The molecule has 2 rings (SSSR count). The number of anilines is 1. The van der Waals surface area contributed by atoms with Gasteiger partial charge in [-0.05, 0) is 19.1 Å². The number of rotatable bonds is 2. The summed E-state index contributed by atoms with van der Waals surface area (Å²) >= 11 is 0. The van der Waals surface area contributed by atoms with Gasteiger partial charge in [0, 0.05) is 6.07 Å². The maximum absolute atomic E-state index is 11.8. The van der Waals surface area contributed by atoms with Crippen molar-refractivity contribution in [3.63, 3.8) is 0 Å². The first-order chi connectivity index (χ1) is 8.65. The first-order valence-corrected chi connectivity index (χ1v) is 5.48. The second kappa shape index (κ2) is 4.79. The average Bonchev–Trinajstić information content (AvgIpc) is 2.65. The minimum atomic E-state index is -0.680. The molecule has 94 valence electrons. The Labute approximate surface area is 103 Å². The van der Waals surface area contributed by atoms with Crippen LogP contribution < -0.4 is 11.3 Å². The van der Waals surface area contributed by atoms with Crippen molar-refractivity contribution in [2.24, 2.45) is 0 Å². The first kappa shape index (κ1) is 12.0. The number of aromatic nitrogens is 2. The lowest BCUT2D eigenvalue weighted by atomic mass is 10.3. The molecule has 0 aliphatic carbocycles. The zero-order valence-corrected chi connectivity index (χ0v) is 9.87. The van der Waals surface area contributed by atoms with E-state index in [1.807, 2.05) is 6.07 Å². The average molecular weight is 247 g/mol. The lowest BCUT2D eigenvalue weighted by Crippen LogP contribution is -2.27. The summed E-state index contributed by atoms with van der Waals surface area (Å²) in [6.07, 6.45) is -0.680. The monoisotopic (exact) mass is 247 g/mol. The summed E-state index contributed by atoms with van der Waals surface area (Å²) in [5, 5.41) is 0.